The quantitative estimate of drug-likeness (QED) is 0.437. The van der Waals surface area contributed by atoms with Gasteiger partial charge in [-0.3, -0.25) is 14.9 Å². The lowest BCUT2D eigenvalue weighted by Gasteiger charge is -2.01. The van der Waals surface area contributed by atoms with Gasteiger partial charge in [-0.1, -0.05) is 0 Å². The zero-order valence-electron chi connectivity index (χ0n) is 9.49. The van der Waals surface area contributed by atoms with Gasteiger partial charge in [0.15, 0.2) is 5.75 Å². The Morgan fingerprint density at radius 1 is 1.67 bits per heavy atom. The Hall–Kier alpha value is -2.48. The van der Waals surface area contributed by atoms with Crippen LogP contribution in [0.3, 0.4) is 0 Å². The van der Waals surface area contributed by atoms with Gasteiger partial charge in [0.1, 0.15) is 6.61 Å². The Bertz CT molecular complexity index is 486. The van der Waals surface area contributed by atoms with Crippen molar-refractivity contribution >= 4 is 17.8 Å². The van der Waals surface area contributed by atoms with Crippen molar-refractivity contribution in [1.29, 1.82) is 0 Å². The molecule has 1 aromatic rings. The lowest BCUT2D eigenvalue weighted by atomic mass is 10.2. The van der Waals surface area contributed by atoms with Gasteiger partial charge in [0.25, 0.3) is 5.91 Å². The standard InChI is InChI=1S/C10H11N3O5/c1-18-9-3-2-7(4-8(9)13(16)17)5-11-12-10(15)6-14/h2-5,14H,6H2,1H3,(H,12,15)/b11-5-. The maximum Gasteiger partial charge on any atom is 0.311 e. The number of hydrogen-bond acceptors (Lipinski definition) is 6. The smallest absolute Gasteiger partial charge is 0.311 e. The Morgan fingerprint density at radius 3 is 2.94 bits per heavy atom. The molecule has 0 aliphatic heterocycles. The number of methoxy groups -OCH3 is 1. The third-order valence-electron chi connectivity index (χ3n) is 1.95. The summed E-state index contributed by atoms with van der Waals surface area (Å²) < 4.78 is 4.83. The van der Waals surface area contributed by atoms with E-state index in [0.29, 0.717) is 5.56 Å². The van der Waals surface area contributed by atoms with Crippen LogP contribution in [0.4, 0.5) is 5.69 Å². The maximum atomic E-state index is 10.7. The number of nitrogens with one attached hydrogen (secondary N) is 1. The fourth-order valence-electron chi connectivity index (χ4n) is 1.14. The molecule has 0 saturated heterocycles. The van der Waals surface area contributed by atoms with Crippen LogP contribution in [0.15, 0.2) is 23.3 Å². The lowest BCUT2D eigenvalue weighted by Crippen LogP contribution is -2.20. The molecule has 1 rings (SSSR count). The second-order valence-electron chi connectivity index (χ2n) is 3.14. The van der Waals surface area contributed by atoms with E-state index in [2.05, 4.69) is 5.10 Å². The van der Waals surface area contributed by atoms with Crippen LogP contribution in [0.5, 0.6) is 5.75 Å². The van der Waals surface area contributed by atoms with E-state index in [4.69, 9.17) is 9.84 Å². The molecule has 8 heteroatoms. The largest absolute Gasteiger partial charge is 0.490 e. The van der Waals surface area contributed by atoms with E-state index in [-0.39, 0.29) is 11.4 Å². The number of nitro benzene ring substituents is 1. The van der Waals surface area contributed by atoms with Crippen LogP contribution in [0.1, 0.15) is 5.56 Å². The van der Waals surface area contributed by atoms with Gasteiger partial charge in [0.05, 0.1) is 18.2 Å². The molecule has 0 unspecified atom stereocenters. The number of rotatable bonds is 5. The molecule has 2 N–H and O–H groups in total. The molecule has 0 atom stereocenters. The fraction of sp³-hybridized carbons (Fsp3) is 0.200. The van der Waals surface area contributed by atoms with Crippen LogP contribution in [0.2, 0.25) is 0 Å². The summed E-state index contributed by atoms with van der Waals surface area (Å²) in [5.41, 5.74) is 2.26. The number of ether oxygens (including phenoxy) is 1. The van der Waals surface area contributed by atoms with Crippen molar-refractivity contribution in [2.75, 3.05) is 13.7 Å². The summed E-state index contributed by atoms with van der Waals surface area (Å²) in [6.45, 7) is -0.680. The molecule has 1 aromatic carbocycles. The summed E-state index contributed by atoms with van der Waals surface area (Å²) in [5, 5.41) is 22.7. The molecular weight excluding hydrogens is 242 g/mol. The zero-order chi connectivity index (χ0) is 13.5. The van der Waals surface area contributed by atoms with E-state index >= 15 is 0 Å². The number of aliphatic hydroxyl groups excluding tert-OH is 1. The van der Waals surface area contributed by atoms with Crippen molar-refractivity contribution in [1.82, 2.24) is 5.43 Å². The first kappa shape index (κ1) is 13.6. The highest BCUT2D eigenvalue weighted by Gasteiger charge is 2.14. The number of hydrogen-bond donors (Lipinski definition) is 2. The van der Waals surface area contributed by atoms with E-state index in [9.17, 15) is 14.9 Å². The van der Waals surface area contributed by atoms with Crippen LogP contribution in [-0.4, -0.2) is 35.9 Å². The van der Waals surface area contributed by atoms with Gasteiger partial charge in [0.2, 0.25) is 0 Å². The third kappa shape index (κ3) is 3.52. The molecule has 0 fully saturated rings. The number of carbonyl (C=O) groups is 1. The number of amides is 1. The topological polar surface area (TPSA) is 114 Å². The van der Waals surface area contributed by atoms with Crippen molar-refractivity contribution in [3.63, 3.8) is 0 Å². The minimum atomic E-state index is -0.680. The summed E-state index contributed by atoms with van der Waals surface area (Å²) >= 11 is 0. The molecule has 0 spiro atoms. The van der Waals surface area contributed by atoms with Crippen molar-refractivity contribution in [2.45, 2.75) is 0 Å². The van der Waals surface area contributed by atoms with Gasteiger partial charge in [-0.15, -0.1) is 0 Å². The highest BCUT2D eigenvalue weighted by molar-refractivity contribution is 5.83. The van der Waals surface area contributed by atoms with Crippen LogP contribution in [0, 0.1) is 10.1 Å². The van der Waals surface area contributed by atoms with Gasteiger partial charge in [-0.25, -0.2) is 5.43 Å². The minimum absolute atomic E-state index is 0.136. The van der Waals surface area contributed by atoms with E-state index in [1.54, 1.807) is 6.07 Å². The molecule has 0 aromatic heterocycles. The molecule has 1 amide bonds. The second kappa shape index (κ2) is 6.30. The van der Waals surface area contributed by atoms with E-state index in [0.717, 1.165) is 0 Å². The van der Waals surface area contributed by atoms with Gasteiger partial charge < -0.3 is 9.84 Å². The van der Waals surface area contributed by atoms with Crippen LogP contribution in [-0.2, 0) is 4.79 Å². The van der Waals surface area contributed by atoms with Crippen LogP contribution < -0.4 is 10.2 Å². The Labute approximate surface area is 102 Å². The monoisotopic (exact) mass is 253 g/mol. The Balaban J connectivity index is 2.88. The van der Waals surface area contributed by atoms with Crippen LogP contribution in [0.25, 0.3) is 0 Å². The summed E-state index contributed by atoms with van der Waals surface area (Å²) in [5.74, 6) is -0.536. The van der Waals surface area contributed by atoms with Gasteiger partial charge in [0, 0.05) is 11.6 Å². The highest BCUT2D eigenvalue weighted by Crippen LogP contribution is 2.26. The second-order valence-corrected chi connectivity index (χ2v) is 3.14. The zero-order valence-corrected chi connectivity index (χ0v) is 9.49. The van der Waals surface area contributed by atoms with Gasteiger partial charge >= 0.3 is 5.69 Å². The Kier molecular flexibility index (Phi) is 4.76. The van der Waals surface area contributed by atoms with E-state index in [1.165, 1.54) is 25.5 Å². The number of nitro groups is 1. The molecule has 0 aliphatic carbocycles. The van der Waals surface area contributed by atoms with E-state index in [1.807, 2.05) is 5.43 Å². The highest BCUT2D eigenvalue weighted by atomic mass is 16.6. The summed E-state index contributed by atoms with van der Waals surface area (Å²) in [7, 11) is 1.33. The fourth-order valence-corrected chi connectivity index (χ4v) is 1.14. The summed E-state index contributed by atoms with van der Waals surface area (Å²) in [4.78, 5) is 20.8. The number of carbonyl (C=O) groups excluding carboxylic acids is 1. The number of nitrogens with zero attached hydrogens (tertiary/aromatic N) is 2. The predicted octanol–water partition coefficient (Wildman–Crippen LogP) is 0.0458. The molecule has 0 aliphatic rings. The third-order valence-corrected chi connectivity index (χ3v) is 1.95. The van der Waals surface area contributed by atoms with E-state index < -0.39 is 17.4 Å². The molecule has 0 saturated carbocycles. The number of aliphatic hydroxyl groups is 1. The molecule has 0 bridgehead atoms. The maximum absolute atomic E-state index is 10.7. The van der Waals surface area contributed by atoms with Crippen molar-refractivity contribution in [3.05, 3.63) is 33.9 Å². The minimum Gasteiger partial charge on any atom is -0.490 e. The average molecular weight is 253 g/mol. The number of benzene rings is 1. The van der Waals surface area contributed by atoms with Gasteiger partial charge in [-0.05, 0) is 12.1 Å². The normalized spacial score (nSPS) is 10.3. The molecule has 96 valence electrons. The molecule has 0 heterocycles. The Morgan fingerprint density at radius 2 is 2.39 bits per heavy atom. The lowest BCUT2D eigenvalue weighted by molar-refractivity contribution is -0.385. The molecule has 0 radical (unpaired) electrons. The molecule has 8 nitrogen and oxygen atoms in total. The van der Waals surface area contributed by atoms with Crippen LogP contribution >= 0.6 is 0 Å². The van der Waals surface area contributed by atoms with Crippen molar-refractivity contribution in [3.8, 4) is 5.75 Å². The molecular formula is C10H11N3O5. The average Bonchev–Trinajstić information content (AvgIpc) is 2.38. The predicted molar refractivity (Wildman–Crippen MR) is 62.5 cm³/mol. The summed E-state index contributed by atoms with van der Waals surface area (Å²) in [6.07, 6.45) is 1.22. The van der Waals surface area contributed by atoms with Crippen molar-refractivity contribution < 1.29 is 19.6 Å². The molecule has 18 heavy (non-hydrogen) atoms. The first-order valence-electron chi connectivity index (χ1n) is 4.83. The van der Waals surface area contributed by atoms with Crippen molar-refractivity contribution in [2.24, 2.45) is 5.10 Å². The summed E-state index contributed by atoms with van der Waals surface area (Å²) in [6, 6.07) is 4.22. The first-order valence-corrected chi connectivity index (χ1v) is 4.83. The van der Waals surface area contributed by atoms with Gasteiger partial charge in [-0.2, -0.15) is 5.10 Å². The number of hydrazone groups is 1. The first-order chi connectivity index (χ1) is 8.58. The SMILES string of the molecule is COc1ccc(/C=N\NC(=O)CO)cc1[N+](=O)[O-].